The minimum Gasteiger partial charge on any atom is -0.497 e. The minimum absolute atomic E-state index is 0.0179. The summed E-state index contributed by atoms with van der Waals surface area (Å²) >= 11 is 5.98. The van der Waals surface area contributed by atoms with Crippen LogP contribution in [0.1, 0.15) is 65.7 Å². The van der Waals surface area contributed by atoms with Crippen molar-refractivity contribution in [1.82, 2.24) is 19.5 Å². The average molecular weight is 869 g/mol. The van der Waals surface area contributed by atoms with E-state index in [-0.39, 0.29) is 48.9 Å². The van der Waals surface area contributed by atoms with E-state index in [9.17, 15) is 27.6 Å². The summed E-state index contributed by atoms with van der Waals surface area (Å²) in [5, 5.41) is 1.04. The molecule has 5 atom stereocenters. The van der Waals surface area contributed by atoms with Crippen molar-refractivity contribution in [1.29, 1.82) is 0 Å². The average Bonchev–Trinajstić information content (AvgIpc) is 3.81. The standard InChI is InChI=1S/C47H53ClN4O8S/c1-6-31-27-47(31,45(56)50-61(57,58)35-18-15-32(48)16-19-35)28-41(53)40-24-34(29-52(40)44(55)37(46(2,3)4)25-43(54)51-21-11-8-12-22-51)60-42-26-38(30-13-9-7-10-14-30)49-39-23-33(59-5)17-20-36(39)42/h6-7,9-10,13-20,23,26,31,34,37,40H,1,8,11-12,21-22,24-25,27-29H2,2-5H3,(H,50,56)/t31-,34-,37-,40+,47-/m1/s1. The second kappa shape index (κ2) is 17.6. The van der Waals surface area contributed by atoms with Gasteiger partial charge in [0.2, 0.25) is 17.7 Å². The van der Waals surface area contributed by atoms with E-state index in [1.54, 1.807) is 13.2 Å². The summed E-state index contributed by atoms with van der Waals surface area (Å²) in [6.45, 7) is 10.9. The molecule has 3 heterocycles. The van der Waals surface area contributed by atoms with Gasteiger partial charge in [0.25, 0.3) is 10.0 Å². The van der Waals surface area contributed by atoms with Crippen LogP contribution in [0.3, 0.4) is 0 Å². The van der Waals surface area contributed by atoms with Crippen LogP contribution in [0.25, 0.3) is 22.2 Å². The highest BCUT2D eigenvalue weighted by molar-refractivity contribution is 7.90. The van der Waals surface area contributed by atoms with Gasteiger partial charge in [0, 0.05) is 60.5 Å². The van der Waals surface area contributed by atoms with Crippen molar-refractivity contribution in [3.05, 3.63) is 96.5 Å². The van der Waals surface area contributed by atoms with Gasteiger partial charge < -0.3 is 19.3 Å². The quantitative estimate of drug-likeness (QED) is 0.126. The zero-order valence-electron chi connectivity index (χ0n) is 35.1. The molecule has 1 saturated carbocycles. The predicted molar refractivity (Wildman–Crippen MR) is 233 cm³/mol. The Morgan fingerprint density at radius 3 is 2.34 bits per heavy atom. The number of ether oxygens (including phenoxy) is 2. The van der Waals surface area contributed by atoms with E-state index in [1.165, 1.54) is 29.2 Å². The first kappa shape index (κ1) is 43.8. The molecule has 7 rings (SSSR count). The molecule has 3 fully saturated rings. The Bertz CT molecular complexity index is 2430. The number of benzene rings is 3. The van der Waals surface area contributed by atoms with Crippen molar-refractivity contribution in [2.75, 3.05) is 26.7 Å². The lowest BCUT2D eigenvalue weighted by Gasteiger charge is -2.36. The van der Waals surface area contributed by atoms with Gasteiger partial charge in [0.15, 0.2) is 5.78 Å². The molecule has 61 heavy (non-hydrogen) atoms. The van der Waals surface area contributed by atoms with Gasteiger partial charge in [0.1, 0.15) is 17.6 Å². The fourth-order valence-corrected chi connectivity index (χ4v) is 9.88. The Labute approximate surface area is 362 Å². The Morgan fingerprint density at radius 2 is 1.70 bits per heavy atom. The maximum Gasteiger partial charge on any atom is 0.264 e. The lowest BCUT2D eigenvalue weighted by Crippen LogP contribution is -2.49. The number of hydrogen-bond acceptors (Lipinski definition) is 9. The Hall–Kier alpha value is -5.27. The van der Waals surface area contributed by atoms with Gasteiger partial charge in [-0.2, -0.15) is 0 Å². The van der Waals surface area contributed by atoms with Crippen LogP contribution in [0, 0.1) is 22.7 Å². The molecule has 1 N–H and O–H groups in total. The third-order valence-corrected chi connectivity index (χ3v) is 14.0. The summed E-state index contributed by atoms with van der Waals surface area (Å²) in [5.41, 5.74) is 0.0998. The van der Waals surface area contributed by atoms with Gasteiger partial charge >= 0.3 is 0 Å². The number of ketones is 1. The first-order valence-electron chi connectivity index (χ1n) is 20.8. The molecule has 1 aromatic heterocycles. The van der Waals surface area contributed by atoms with Gasteiger partial charge in [0.05, 0.1) is 47.1 Å². The number of carbonyl (C=O) groups is 4. The maximum absolute atomic E-state index is 15.0. The first-order chi connectivity index (χ1) is 29.0. The molecule has 2 saturated heterocycles. The van der Waals surface area contributed by atoms with E-state index in [4.69, 9.17) is 26.1 Å². The summed E-state index contributed by atoms with van der Waals surface area (Å²) < 4.78 is 41.2. The molecule has 2 aliphatic heterocycles. The van der Waals surface area contributed by atoms with Gasteiger partial charge in [-0.3, -0.25) is 19.2 Å². The Balaban J connectivity index is 1.21. The number of halogens is 1. The molecule has 322 valence electrons. The van der Waals surface area contributed by atoms with Crippen molar-refractivity contribution in [2.24, 2.45) is 22.7 Å². The number of rotatable bonds is 14. The van der Waals surface area contributed by atoms with Crippen molar-refractivity contribution in [3.8, 4) is 22.8 Å². The summed E-state index contributed by atoms with van der Waals surface area (Å²) in [6.07, 6.45) is 3.70. The topological polar surface area (TPSA) is 152 Å². The van der Waals surface area contributed by atoms with Crippen LogP contribution in [0.5, 0.6) is 11.5 Å². The molecular formula is C47H53ClN4O8S. The molecule has 0 radical (unpaired) electrons. The monoisotopic (exact) mass is 868 g/mol. The number of Topliss-reactive ketones (excluding diaryl/α,β-unsaturated/α-hetero) is 1. The fraction of sp³-hybridized carbons (Fsp3) is 0.426. The second-order valence-corrected chi connectivity index (χ2v) is 19.7. The molecule has 0 spiro atoms. The van der Waals surface area contributed by atoms with E-state index in [0.717, 1.165) is 24.8 Å². The van der Waals surface area contributed by atoms with Crippen LogP contribution in [0.4, 0.5) is 0 Å². The molecule has 1 aliphatic carbocycles. The molecule has 14 heteroatoms. The van der Waals surface area contributed by atoms with Crippen molar-refractivity contribution >= 4 is 56.0 Å². The second-order valence-electron chi connectivity index (χ2n) is 17.5. The van der Waals surface area contributed by atoms with Crippen molar-refractivity contribution in [3.63, 3.8) is 0 Å². The smallest absolute Gasteiger partial charge is 0.264 e. The largest absolute Gasteiger partial charge is 0.497 e. The van der Waals surface area contributed by atoms with Crippen LogP contribution >= 0.6 is 11.6 Å². The summed E-state index contributed by atoms with van der Waals surface area (Å²) in [7, 11) is -2.72. The summed E-state index contributed by atoms with van der Waals surface area (Å²) in [4.78, 5) is 65.6. The number of fused-ring (bicyclic) bond motifs is 1. The van der Waals surface area contributed by atoms with Crippen LogP contribution in [0.2, 0.25) is 5.02 Å². The number of allylic oxidation sites excluding steroid dienone is 1. The van der Waals surface area contributed by atoms with Gasteiger partial charge in [-0.25, -0.2) is 18.1 Å². The molecule has 0 bridgehead atoms. The SMILES string of the molecule is C=C[C@@H]1C[C@]1(CC(=O)[C@@H]1C[C@@H](Oc2cc(-c3ccccc3)nc3cc(OC)ccc23)CN1C(=O)[C@@H](CC(=O)N1CCCCC1)C(C)(C)C)C(=O)NS(=O)(=O)c1ccc(Cl)cc1. The number of likely N-dealkylation sites (tertiary alicyclic amines) is 2. The normalized spacial score (nSPS) is 22.0. The highest BCUT2D eigenvalue weighted by Crippen LogP contribution is 2.57. The van der Waals surface area contributed by atoms with E-state index in [2.05, 4.69) is 11.3 Å². The van der Waals surface area contributed by atoms with Gasteiger partial charge in [-0.15, -0.1) is 6.58 Å². The molecule has 0 unspecified atom stereocenters. The Kier molecular flexibility index (Phi) is 12.6. The molecule has 3 aliphatic rings. The number of aromatic nitrogens is 1. The number of nitrogens with one attached hydrogen (secondary N) is 1. The molecular weight excluding hydrogens is 816 g/mol. The number of piperidine rings is 1. The van der Waals surface area contributed by atoms with Crippen LogP contribution in [0.15, 0.2) is 96.4 Å². The lowest BCUT2D eigenvalue weighted by atomic mass is 9.77. The summed E-state index contributed by atoms with van der Waals surface area (Å²) in [5.74, 6) is -1.81. The van der Waals surface area contributed by atoms with Crippen LogP contribution < -0.4 is 14.2 Å². The van der Waals surface area contributed by atoms with Gasteiger partial charge in [-0.1, -0.05) is 68.8 Å². The molecule has 4 aromatic rings. The summed E-state index contributed by atoms with van der Waals surface area (Å²) in [6, 6.07) is 21.4. The number of sulfonamides is 1. The first-order valence-corrected chi connectivity index (χ1v) is 22.7. The zero-order valence-corrected chi connectivity index (χ0v) is 36.6. The number of pyridine rings is 1. The molecule has 3 aromatic carbocycles. The number of carbonyl (C=O) groups excluding carboxylic acids is 4. The predicted octanol–water partition coefficient (Wildman–Crippen LogP) is 7.63. The van der Waals surface area contributed by atoms with Crippen LogP contribution in [-0.2, 0) is 29.2 Å². The van der Waals surface area contributed by atoms with E-state index in [0.29, 0.717) is 46.2 Å². The van der Waals surface area contributed by atoms with E-state index in [1.807, 2.05) is 80.3 Å². The highest BCUT2D eigenvalue weighted by atomic mass is 35.5. The third kappa shape index (κ3) is 9.48. The lowest BCUT2D eigenvalue weighted by molar-refractivity contribution is -0.148. The Morgan fingerprint density at radius 1 is 1.00 bits per heavy atom. The van der Waals surface area contributed by atoms with E-state index >= 15 is 0 Å². The molecule has 12 nitrogen and oxygen atoms in total. The highest BCUT2D eigenvalue weighted by Gasteiger charge is 2.61. The van der Waals surface area contributed by atoms with Crippen molar-refractivity contribution in [2.45, 2.75) is 82.8 Å². The number of hydrogen-bond donors (Lipinski definition) is 1. The fourth-order valence-electron chi connectivity index (χ4n) is 8.69. The van der Waals surface area contributed by atoms with Gasteiger partial charge in [-0.05, 0) is 73.4 Å². The molecule has 3 amide bonds. The third-order valence-electron chi connectivity index (χ3n) is 12.4. The number of nitrogens with zero attached hydrogens (tertiary/aromatic N) is 3. The zero-order chi connectivity index (χ0) is 43.7. The van der Waals surface area contributed by atoms with Crippen molar-refractivity contribution < 1.29 is 37.1 Å². The van der Waals surface area contributed by atoms with Crippen LogP contribution in [-0.4, -0.2) is 85.6 Å². The van der Waals surface area contributed by atoms with E-state index < -0.39 is 56.5 Å². The number of amides is 3. The maximum atomic E-state index is 15.0. The number of methoxy groups -OCH3 is 1. The minimum atomic E-state index is -4.31.